The number of carbonyl (C=O) groups excluding carboxylic acids is 1. The third kappa shape index (κ3) is 4.00. The molecule has 1 unspecified atom stereocenters. The summed E-state index contributed by atoms with van der Waals surface area (Å²) in [4.78, 5) is 12.9. The second-order valence-electron chi connectivity index (χ2n) is 5.94. The Kier molecular flexibility index (Phi) is 5.06. The van der Waals surface area contributed by atoms with Gasteiger partial charge in [0.1, 0.15) is 0 Å². The number of nitrogens with one attached hydrogen (secondary N) is 3. The van der Waals surface area contributed by atoms with Crippen molar-refractivity contribution in [2.75, 3.05) is 5.32 Å². The Morgan fingerprint density at radius 2 is 1.72 bits per heavy atom. The molecule has 0 aliphatic carbocycles. The van der Waals surface area contributed by atoms with Gasteiger partial charge in [-0.1, -0.05) is 41.4 Å². The van der Waals surface area contributed by atoms with Gasteiger partial charge in [0.15, 0.2) is 5.11 Å². The first-order valence-corrected chi connectivity index (χ1v) is 8.64. The largest absolute Gasteiger partial charge is 0.351 e. The molecule has 0 radical (unpaired) electrons. The van der Waals surface area contributed by atoms with Gasteiger partial charge in [0.25, 0.3) is 5.91 Å². The number of rotatable bonds is 3. The number of benzene rings is 2. The summed E-state index contributed by atoms with van der Waals surface area (Å²) in [6.45, 7) is 3.85. The van der Waals surface area contributed by atoms with E-state index in [1.165, 1.54) is 0 Å². The molecular formula is C19H18ClN3OS. The molecular weight excluding hydrogens is 354 g/mol. The van der Waals surface area contributed by atoms with E-state index >= 15 is 0 Å². The SMILES string of the molecule is CC1=C(C(=O)Nc2ccc(C)cc2)C(c2ccc(Cl)cc2)NC(=S)N1. The second kappa shape index (κ2) is 7.25. The topological polar surface area (TPSA) is 53.2 Å². The Morgan fingerprint density at radius 1 is 1.08 bits per heavy atom. The summed E-state index contributed by atoms with van der Waals surface area (Å²) in [5.74, 6) is -0.177. The minimum absolute atomic E-state index is 0.177. The molecule has 0 spiro atoms. The summed E-state index contributed by atoms with van der Waals surface area (Å²) in [5.41, 5.74) is 4.13. The third-order valence-corrected chi connectivity index (χ3v) is 4.50. The van der Waals surface area contributed by atoms with E-state index in [2.05, 4.69) is 16.0 Å². The highest BCUT2D eigenvalue weighted by Gasteiger charge is 2.29. The monoisotopic (exact) mass is 371 g/mol. The molecule has 128 valence electrons. The molecule has 6 heteroatoms. The van der Waals surface area contributed by atoms with Gasteiger partial charge in [0.2, 0.25) is 0 Å². The van der Waals surface area contributed by atoms with Crippen LogP contribution in [0.1, 0.15) is 24.1 Å². The van der Waals surface area contributed by atoms with Gasteiger partial charge in [-0.2, -0.15) is 0 Å². The predicted molar refractivity (Wildman–Crippen MR) is 106 cm³/mol. The minimum Gasteiger partial charge on any atom is -0.351 e. The van der Waals surface area contributed by atoms with Crippen molar-refractivity contribution in [3.8, 4) is 0 Å². The van der Waals surface area contributed by atoms with Crippen molar-refractivity contribution in [1.82, 2.24) is 10.6 Å². The number of hydrogen-bond acceptors (Lipinski definition) is 2. The molecule has 0 saturated carbocycles. The van der Waals surface area contributed by atoms with Crippen molar-refractivity contribution in [2.45, 2.75) is 19.9 Å². The average Bonchev–Trinajstić information content (AvgIpc) is 2.57. The Hall–Kier alpha value is -2.37. The van der Waals surface area contributed by atoms with E-state index in [0.29, 0.717) is 15.7 Å². The van der Waals surface area contributed by atoms with E-state index in [4.69, 9.17) is 23.8 Å². The lowest BCUT2D eigenvalue weighted by Crippen LogP contribution is -2.45. The number of anilines is 1. The molecule has 3 rings (SSSR count). The molecule has 3 N–H and O–H groups in total. The van der Waals surface area contributed by atoms with Crippen LogP contribution in [-0.4, -0.2) is 11.0 Å². The Labute approximate surface area is 157 Å². The van der Waals surface area contributed by atoms with E-state index < -0.39 is 0 Å². The molecule has 2 aromatic rings. The second-order valence-corrected chi connectivity index (χ2v) is 6.79. The maximum Gasteiger partial charge on any atom is 0.255 e. The summed E-state index contributed by atoms with van der Waals surface area (Å²) in [6.07, 6.45) is 0. The first-order chi connectivity index (χ1) is 11.9. The van der Waals surface area contributed by atoms with Gasteiger partial charge in [-0.25, -0.2) is 0 Å². The predicted octanol–water partition coefficient (Wildman–Crippen LogP) is 4.08. The molecule has 0 fully saturated rings. The lowest BCUT2D eigenvalue weighted by atomic mass is 9.95. The molecule has 1 atom stereocenters. The van der Waals surface area contributed by atoms with E-state index in [9.17, 15) is 4.79 Å². The van der Waals surface area contributed by atoms with E-state index in [1.54, 1.807) is 12.1 Å². The van der Waals surface area contributed by atoms with Crippen molar-refractivity contribution >= 4 is 40.5 Å². The van der Waals surface area contributed by atoms with E-state index in [1.807, 2.05) is 50.2 Å². The number of amides is 1. The Balaban J connectivity index is 1.92. The lowest BCUT2D eigenvalue weighted by Gasteiger charge is -2.30. The van der Waals surface area contributed by atoms with Gasteiger partial charge in [0, 0.05) is 16.4 Å². The highest BCUT2D eigenvalue weighted by molar-refractivity contribution is 7.80. The third-order valence-electron chi connectivity index (χ3n) is 4.03. The van der Waals surface area contributed by atoms with Gasteiger partial charge in [-0.15, -0.1) is 0 Å². The summed E-state index contributed by atoms with van der Waals surface area (Å²) in [7, 11) is 0. The quantitative estimate of drug-likeness (QED) is 0.711. The van der Waals surface area contributed by atoms with E-state index in [-0.39, 0.29) is 11.9 Å². The van der Waals surface area contributed by atoms with Gasteiger partial charge >= 0.3 is 0 Å². The van der Waals surface area contributed by atoms with Gasteiger partial charge in [-0.05, 0) is 55.9 Å². The maximum atomic E-state index is 12.9. The lowest BCUT2D eigenvalue weighted by molar-refractivity contribution is -0.113. The summed E-state index contributed by atoms with van der Waals surface area (Å²) in [5, 5.41) is 10.3. The standard InChI is InChI=1S/C19H18ClN3OS/c1-11-3-9-15(10-4-11)22-18(24)16-12(2)21-19(25)23-17(16)13-5-7-14(20)8-6-13/h3-10,17H,1-2H3,(H,22,24)(H2,21,23,25). The van der Waals surface area contributed by atoms with Crippen LogP contribution in [0.5, 0.6) is 0 Å². The normalized spacial score (nSPS) is 16.9. The van der Waals surface area contributed by atoms with Gasteiger partial charge in [0.05, 0.1) is 11.6 Å². The van der Waals surface area contributed by atoms with Crippen molar-refractivity contribution < 1.29 is 4.79 Å². The van der Waals surface area contributed by atoms with Crippen molar-refractivity contribution in [2.24, 2.45) is 0 Å². The number of carbonyl (C=O) groups is 1. The first kappa shape index (κ1) is 17.5. The van der Waals surface area contributed by atoms with Crippen molar-refractivity contribution in [1.29, 1.82) is 0 Å². The molecule has 0 aromatic heterocycles. The molecule has 4 nitrogen and oxygen atoms in total. The van der Waals surface area contributed by atoms with Crippen LogP contribution in [0, 0.1) is 6.92 Å². The minimum atomic E-state index is -0.337. The van der Waals surface area contributed by atoms with Crippen LogP contribution in [0.3, 0.4) is 0 Å². The van der Waals surface area contributed by atoms with Crippen LogP contribution in [0.2, 0.25) is 5.02 Å². The van der Waals surface area contributed by atoms with Crippen LogP contribution < -0.4 is 16.0 Å². The highest BCUT2D eigenvalue weighted by atomic mass is 35.5. The van der Waals surface area contributed by atoms with Crippen LogP contribution >= 0.6 is 23.8 Å². The fourth-order valence-electron chi connectivity index (χ4n) is 2.74. The van der Waals surface area contributed by atoms with Crippen LogP contribution in [0.25, 0.3) is 0 Å². The van der Waals surface area contributed by atoms with Crippen molar-refractivity contribution in [3.63, 3.8) is 0 Å². The molecule has 1 aliphatic rings. The maximum absolute atomic E-state index is 12.9. The summed E-state index contributed by atoms with van der Waals surface area (Å²) >= 11 is 11.2. The van der Waals surface area contributed by atoms with Crippen LogP contribution in [-0.2, 0) is 4.79 Å². The molecule has 0 bridgehead atoms. The molecule has 1 aliphatic heterocycles. The van der Waals surface area contributed by atoms with Gasteiger partial charge < -0.3 is 16.0 Å². The summed E-state index contributed by atoms with van der Waals surface area (Å²) < 4.78 is 0. The fraction of sp³-hybridized carbons (Fsp3) is 0.158. The van der Waals surface area contributed by atoms with Crippen molar-refractivity contribution in [3.05, 3.63) is 76.0 Å². The molecule has 0 saturated heterocycles. The number of aryl methyl sites for hydroxylation is 1. The average molecular weight is 372 g/mol. The number of halogens is 1. The number of hydrogen-bond donors (Lipinski definition) is 3. The number of allylic oxidation sites excluding steroid dienone is 1. The van der Waals surface area contributed by atoms with Gasteiger partial charge in [-0.3, -0.25) is 4.79 Å². The fourth-order valence-corrected chi connectivity index (χ4v) is 3.13. The Morgan fingerprint density at radius 3 is 2.36 bits per heavy atom. The smallest absolute Gasteiger partial charge is 0.255 e. The molecule has 1 amide bonds. The van der Waals surface area contributed by atoms with Crippen LogP contribution in [0.15, 0.2) is 59.8 Å². The van der Waals surface area contributed by atoms with E-state index in [0.717, 1.165) is 22.5 Å². The first-order valence-electron chi connectivity index (χ1n) is 7.86. The zero-order valence-electron chi connectivity index (χ0n) is 13.9. The van der Waals surface area contributed by atoms with Crippen LogP contribution in [0.4, 0.5) is 5.69 Å². The zero-order chi connectivity index (χ0) is 18.0. The molecule has 2 aromatic carbocycles. The highest BCUT2D eigenvalue weighted by Crippen LogP contribution is 2.28. The number of thiocarbonyl (C=S) groups is 1. The summed E-state index contributed by atoms with van der Waals surface area (Å²) in [6, 6.07) is 14.7. The zero-order valence-corrected chi connectivity index (χ0v) is 15.5. The Bertz CT molecular complexity index is 844. The molecule has 25 heavy (non-hydrogen) atoms. The molecule has 1 heterocycles.